The molecule has 1 aromatic heterocycles. The summed E-state index contributed by atoms with van der Waals surface area (Å²) in [7, 11) is 1.59. The van der Waals surface area contributed by atoms with Crippen molar-refractivity contribution in [3.63, 3.8) is 0 Å². The molecule has 0 fully saturated rings. The van der Waals surface area contributed by atoms with Gasteiger partial charge in [-0.05, 0) is 29.7 Å². The van der Waals surface area contributed by atoms with Crippen LogP contribution in [0.5, 0.6) is 0 Å². The van der Waals surface area contributed by atoms with Gasteiger partial charge in [-0.15, -0.1) is 0 Å². The Morgan fingerprint density at radius 1 is 1.53 bits per heavy atom. The number of rotatable bonds is 4. The summed E-state index contributed by atoms with van der Waals surface area (Å²) in [5.41, 5.74) is 7.08. The van der Waals surface area contributed by atoms with Crippen LogP contribution in [0, 0.1) is 0 Å². The van der Waals surface area contributed by atoms with E-state index in [4.69, 9.17) is 5.73 Å². The predicted molar refractivity (Wildman–Crippen MR) is 77.7 cm³/mol. The molecule has 0 aliphatic rings. The van der Waals surface area contributed by atoms with Crippen LogP contribution in [-0.4, -0.2) is 22.3 Å². The molecule has 0 aliphatic carbocycles. The largest absolute Gasteiger partial charge is 0.398 e. The lowest BCUT2D eigenvalue weighted by molar-refractivity contribution is 0.0963. The number of hydrogen-bond acceptors (Lipinski definition) is 6. The van der Waals surface area contributed by atoms with Crippen molar-refractivity contribution in [1.82, 2.24) is 14.7 Å². The van der Waals surface area contributed by atoms with Gasteiger partial charge in [0, 0.05) is 29.6 Å². The minimum absolute atomic E-state index is 0.146. The Morgan fingerprint density at radius 2 is 2.32 bits per heavy atom. The Kier molecular flexibility index (Phi) is 4.39. The molecular formula is C12H14N4OS2. The number of anilines is 1. The van der Waals surface area contributed by atoms with E-state index in [2.05, 4.69) is 14.7 Å². The van der Waals surface area contributed by atoms with E-state index in [0.717, 1.165) is 21.5 Å². The second-order valence-electron chi connectivity index (χ2n) is 3.76. The van der Waals surface area contributed by atoms with E-state index in [-0.39, 0.29) is 5.91 Å². The molecule has 1 amide bonds. The number of benzene rings is 1. The first-order chi connectivity index (χ1) is 9.13. The van der Waals surface area contributed by atoms with E-state index in [1.165, 1.54) is 23.3 Å². The number of aromatic nitrogens is 2. The van der Waals surface area contributed by atoms with Crippen molar-refractivity contribution in [3.8, 4) is 0 Å². The summed E-state index contributed by atoms with van der Waals surface area (Å²) >= 11 is 2.83. The van der Waals surface area contributed by atoms with Gasteiger partial charge in [-0.2, -0.15) is 4.37 Å². The maximum atomic E-state index is 11.5. The van der Waals surface area contributed by atoms with Crippen LogP contribution in [-0.2, 0) is 6.42 Å². The van der Waals surface area contributed by atoms with Gasteiger partial charge in [-0.1, -0.05) is 18.7 Å². The van der Waals surface area contributed by atoms with Gasteiger partial charge in [0.05, 0.1) is 0 Å². The lowest BCUT2D eigenvalue weighted by Crippen LogP contribution is -2.17. The van der Waals surface area contributed by atoms with E-state index in [1.807, 2.05) is 13.0 Å². The Hall–Kier alpha value is -1.60. The quantitative estimate of drug-likeness (QED) is 0.845. The number of carbonyl (C=O) groups excluding carboxylic acids is 1. The Bertz CT molecular complexity index is 597. The standard InChI is InChI=1S/C12H14N4OS2/c1-3-10-15-12(19-16-10)18-9-5-4-7(6-8(9)13)11(17)14-2/h4-6H,3,13H2,1-2H3,(H,14,17). The van der Waals surface area contributed by atoms with E-state index < -0.39 is 0 Å². The van der Waals surface area contributed by atoms with Crippen LogP contribution in [0.1, 0.15) is 23.1 Å². The molecule has 2 rings (SSSR count). The highest BCUT2D eigenvalue weighted by Crippen LogP contribution is 2.33. The molecule has 0 radical (unpaired) electrons. The summed E-state index contributed by atoms with van der Waals surface area (Å²) in [6.07, 6.45) is 0.822. The van der Waals surface area contributed by atoms with Crippen LogP contribution >= 0.6 is 23.3 Å². The van der Waals surface area contributed by atoms with Crippen molar-refractivity contribution in [3.05, 3.63) is 29.6 Å². The highest BCUT2D eigenvalue weighted by molar-refractivity contribution is 8.01. The molecule has 0 aliphatic heterocycles. The average molecular weight is 294 g/mol. The third-order valence-electron chi connectivity index (χ3n) is 2.46. The number of hydrogen-bond donors (Lipinski definition) is 2. The number of carbonyl (C=O) groups is 1. The number of nitrogen functional groups attached to an aromatic ring is 1. The molecule has 3 N–H and O–H groups in total. The van der Waals surface area contributed by atoms with Gasteiger partial charge in [0.25, 0.3) is 5.91 Å². The molecule has 0 spiro atoms. The molecule has 19 heavy (non-hydrogen) atoms. The Morgan fingerprint density at radius 3 is 2.89 bits per heavy atom. The lowest BCUT2D eigenvalue weighted by Gasteiger charge is -2.05. The van der Waals surface area contributed by atoms with Gasteiger partial charge in [0.15, 0.2) is 4.34 Å². The Labute approximate surface area is 119 Å². The lowest BCUT2D eigenvalue weighted by atomic mass is 10.2. The van der Waals surface area contributed by atoms with Crippen molar-refractivity contribution in [1.29, 1.82) is 0 Å². The van der Waals surface area contributed by atoms with Crippen molar-refractivity contribution in [2.75, 3.05) is 12.8 Å². The van der Waals surface area contributed by atoms with E-state index >= 15 is 0 Å². The molecular weight excluding hydrogens is 280 g/mol. The molecule has 0 saturated heterocycles. The fraction of sp³-hybridized carbons (Fsp3) is 0.250. The highest BCUT2D eigenvalue weighted by Gasteiger charge is 2.10. The molecule has 7 heteroatoms. The Balaban J connectivity index is 2.19. The summed E-state index contributed by atoms with van der Waals surface area (Å²) in [6.45, 7) is 2.02. The third-order valence-corrected chi connectivity index (χ3v) is 4.34. The first-order valence-electron chi connectivity index (χ1n) is 5.76. The molecule has 0 saturated carbocycles. The number of amides is 1. The van der Waals surface area contributed by atoms with Crippen LogP contribution in [0.4, 0.5) is 5.69 Å². The van der Waals surface area contributed by atoms with Crippen LogP contribution in [0.3, 0.4) is 0 Å². The van der Waals surface area contributed by atoms with Gasteiger partial charge < -0.3 is 11.1 Å². The number of nitrogens with one attached hydrogen (secondary N) is 1. The smallest absolute Gasteiger partial charge is 0.251 e. The van der Waals surface area contributed by atoms with Gasteiger partial charge >= 0.3 is 0 Å². The van der Waals surface area contributed by atoms with Crippen LogP contribution < -0.4 is 11.1 Å². The van der Waals surface area contributed by atoms with E-state index in [0.29, 0.717) is 11.3 Å². The van der Waals surface area contributed by atoms with E-state index in [9.17, 15) is 4.79 Å². The van der Waals surface area contributed by atoms with Gasteiger partial charge in [0.1, 0.15) is 5.82 Å². The first-order valence-corrected chi connectivity index (χ1v) is 7.35. The second-order valence-corrected chi connectivity index (χ2v) is 5.80. The summed E-state index contributed by atoms with van der Waals surface area (Å²) in [6, 6.07) is 5.25. The normalized spacial score (nSPS) is 10.4. The maximum Gasteiger partial charge on any atom is 0.251 e. The molecule has 1 aromatic carbocycles. The van der Waals surface area contributed by atoms with Crippen molar-refractivity contribution in [2.45, 2.75) is 22.6 Å². The molecule has 1 heterocycles. The van der Waals surface area contributed by atoms with Gasteiger partial charge in [-0.3, -0.25) is 4.79 Å². The SMILES string of the molecule is CCc1nsc(Sc2ccc(C(=O)NC)cc2N)n1. The number of aryl methyl sites for hydroxylation is 1. The molecule has 0 atom stereocenters. The van der Waals surface area contributed by atoms with Crippen LogP contribution in [0.2, 0.25) is 0 Å². The average Bonchev–Trinajstić information content (AvgIpc) is 2.88. The van der Waals surface area contributed by atoms with Crippen LogP contribution in [0.15, 0.2) is 27.4 Å². The summed E-state index contributed by atoms with van der Waals surface area (Å²) in [5.74, 6) is 0.695. The minimum atomic E-state index is -0.146. The summed E-state index contributed by atoms with van der Waals surface area (Å²) < 4.78 is 5.08. The fourth-order valence-electron chi connectivity index (χ4n) is 1.44. The molecule has 100 valence electrons. The monoisotopic (exact) mass is 294 g/mol. The molecule has 0 unspecified atom stereocenters. The zero-order valence-corrected chi connectivity index (χ0v) is 12.3. The minimum Gasteiger partial charge on any atom is -0.398 e. The summed E-state index contributed by atoms with van der Waals surface area (Å²) in [4.78, 5) is 16.7. The van der Waals surface area contributed by atoms with Crippen LogP contribution in [0.25, 0.3) is 0 Å². The second kappa shape index (κ2) is 6.03. The van der Waals surface area contributed by atoms with Crippen molar-refractivity contribution in [2.24, 2.45) is 0 Å². The first kappa shape index (κ1) is 13.8. The predicted octanol–water partition coefficient (Wildman–Crippen LogP) is 2.19. The van der Waals surface area contributed by atoms with Crippen molar-refractivity contribution < 1.29 is 4.79 Å². The maximum absolute atomic E-state index is 11.5. The molecule has 2 aromatic rings. The van der Waals surface area contributed by atoms with Gasteiger partial charge in [0.2, 0.25) is 0 Å². The molecule has 5 nitrogen and oxygen atoms in total. The molecule has 0 bridgehead atoms. The zero-order valence-electron chi connectivity index (χ0n) is 10.6. The topological polar surface area (TPSA) is 80.9 Å². The fourth-order valence-corrected chi connectivity index (χ4v) is 3.13. The van der Waals surface area contributed by atoms with Crippen molar-refractivity contribution >= 4 is 34.9 Å². The van der Waals surface area contributed by atoms with Gasteiger partial charge in [-0.25, -0.2) is 4.98 Å². The number of nitrogens with zero attached hydrogens (tertiary/aromatic N) is 2. The number of nitrogens with two attached hydrogens (primary N) is 1. The summed E-state index contributed by atoms with van der Waals surface area (Å²) in [5, 5.41) is 2.57. The third kappa shape index (κ3) is 3.24. The van der Waals surface area contributed by atoms with E-state index in [1.54, 1.807) is 19.2 Å². The zero-order chi connectivity index (χ0) is 13.8. The highest BCUT2D eigenvalue weighted by atomic mass is 32.2.